The molecule has 0 radical (unpaired) electrons. The van der Waals surface area contributed by atoms with E-state index in [1.54, 1.807) is 0 Å². The largest absolute Gasteiger partial charge is 1.00 e. The fourth-order valence-corrected chi connectivity index (χ4v) is 0.489. The molecular weight excluding hydrogens is 142 g/mol. The molecule has 8 heavy (non-hydrogen) atoms. The van der Waals surface area contributed by atoms with E-state index in [0.717, 1.165) is 0 Å². The van der Waals surface area contributed by atoms with Gasteiger partial charge in [-0.25, -0.2) is 0 Å². The van der Waals surface area contributed by atoms with Gasteiger partial charge in [0.1, 0.15) is 0 Å². The summed E-state index contributed by atoms with van der Waals surface area (Å²) < 4.78 is 13.4. The second-order valence-corrected chi connectivity index (χ2v) is 2.08. The minimum Gasteiger partial charge on any atom is -0.756 e. The molecule has 0 fully saturated rings. The first-order chi connectivity index (χ1) is 3.06. The van der Waals surface area contributed by atoms with Crippen molar-refractivity contribution >= 4 is 7.82 Å². The zero-order valence-corrected chi connectivity index (χ0v) is 7.72. The molecule has 0 aliphatic carbocycles. The summed E-state index contributed by atoms with van der Waals surface area (Å²) in [5.74, 6) is 0. The molecule has 0 saturated carbocycles. The fraction of sp³-hybridized carbons (Fsp3) is 1.00. The summed E-state index contributed by atoms with van der Waals surface area (Å²) in [4.78, 5) is 17.4. The van der Waals surface area contributed by atoms with Gasteiger partial charge in [-0.15, -0.1) is 0 Å². The van der Waals surface area contributed by atoms with Crippen LogP contribution in [-0.4, -0.2) is 11.5 Å². The number of rotatable bonds is 2. The Kier molecular flexibility index (Phi) is 7.32. The van der Waals surface area contributed by atoms with Crippen LogP contribution in [0.1, 0.15) is 6.92 Å². The maximum absolute atomic E-state index is 9.59. The van der Waals surface area contributed by atoms with Crippen molar-refractivity contribution in [2.75, 3.05) is 6.61 Å². The van der Waals surface area contributed by atoms with E-state index in [1.807, 2.05) is 0 Å². The third kappa shape index (κ3) is 10.2. The van der Waals surface area contributed by atoms with Gasteiger partial charge in [-0.05, 0) is 6.92 Å². The molecule has 0 saturated heterocycles. The van der Waals surface area contributed by atoms with Crippen molar-refractivity contribution < 1.29 is 48.4 Å². The molecule has 0 aliphatic rings. The number of hydrogen-bond acceptors (Lipinski definition) is 3. The minimum atomic E-state index is -4.42. The Morgan fingerprint density at radius 1 is 1.88 bits per heavy atom. The van der Waals surface area contributed by atoms with Crippen LogP contribution in [0.3, 0.4) is 0 Å². The summed E-state index contributed by atoms with van der Waals surface area (Å²) in [6.07, 6.45) is 0. The Morgan fingerprint density at radius 3 is 2.25 bits per heavy atom. The van der Waals surface area contributed by atoms with Crippen LogP contribution in [0.25, 0.3) is 0 Å². The first kappa shape index (κ1) is 11.9. The van der Waals surface area contributed by atoms with Crippen molar-refractivity contribution in [3.05, 3.63) is 0 Å². The van der Waals surface area contributed by atoms with Crippen molar-refractivity contribution in [1.82, 2.24) is 0 Å². The topological polar surface area (TPSA) is 69.6 Å². The number of hydrogen-bond donors (Lipinski definition) is 1. The molecule has 1 atom stereocenters. The van der Waals surface area contributed by atoms with Crippen LogP contribution in [0.15, 0.2) is 0 Å². The Balaban J connectivity index is 0. The maximum atomic E-state index is 9.59. The van der Waals surface area contributed by atoms with E-state index >= 15 is 0 Å². The predicted octanol–water partition coefficient (Wildman–Crippen LogP) is -3.51. The van der Waals surface area contributed by atoms with Gasteiger partial charge < -0.3 is 14.3 Å². The summed E-state index contributed by atoms with van der Waals surface area (Å²) in [7, 11) is -4.42. The molecule has 1 unspecified atom stereocenters. The van der Waals surface area contributed by atoms with E-state index in [-0.39, 0.29) is 36.2 Å². The molecule has 0 rings (SSSR count). The van der Waals surface area contributed by atoms with Crippen LogP contribution in [0, 0.1) is 0 Å². The van der Waals surface area contributed by atoms with Crippen LogP contribution in [0.4, 0.5) is 0 Å². The van der Waals surface area contributed by atoms with Crippen LogP contribution in [0.5, 0.6) is 0 Å². The van der Waals surface area contributed by atoms with Gasteiger partial charge in [-0.1, -0.05) is 0 Å². The standard InChI is InChI=1S/C2H7O4P.Na/c1-2-6-7(3,4)5;/h2H2,1H3,(H2,3,4,5);/q;+1/p-1. The summed E-state index contributed by atoms with van der Waals surface area (Å²) in [6, 6.07) is 0. The van der Waals surface area contributed by atoms with Gasteiger partial charge in [0, 0.05) is 0 Å². The average molecular weight is 148 g/mol. The average Bonchev–Trinajstić information content (AvgIpc) is 1.30. The van der Waals surface area contributed by atoms with E-state index in [9.17, 15) is 9.46 Å². The van der Waals surface area contributed by atoms with E-state index in [4.69, 9.17) is 4.89 Å². The molecule has 0 amide bonds. The Bertz CT molecular complexity index is 88.0. The number of phosphoric acid groups is 1. The van der Waals surface area contributed by atoms with Crippen LogP contribution in [0.2, 0.25) is 0 Å². The van der Waals surface area contributed by atoms with Gasteiger partial charge in [-0.3, -0.25) is 4.57 Å². The fourth-order valence-electron chi connectivity index (χ4n) is 0.163. The Hall–Kier alpha value is 1.11. The summed E-state index contributed by atoms with van der Waals surface area (Å²) in [5.41, 5.74) is 0. The van der Waals surface area contributed by atoms with Crippen LogP contribution in [-0.2, 0) is 9.09 Å². The second-order valence-electron chi connectivity index (χ2n) is 0.886. The van der Waals surface area contributed by atoms with Gasteiger partial charge >= 0.3 is 29.6 Å². The van der Waals surface area contributed by atoms with Gasteiger partial charge in [0.15, 0.2) is 0 Å². The smallest absolute Gasteiger partial charge is 0.756 e. The molecule has 0 aromatic heterocycles. The van der Waals surface area contributed by atoms with E-state index in [0.29, 0.717) is 0 Å². The van der Waals surface area contributed by atoms with E-state index in [1.165, 1.54) is 6.92 Å². The first-order valence-electron chi connectivity index (χ1n) is 1.74. The Labute approximate surface area is 69.8 Å². The van der Waals surface area contributed by atoms with E-state index in [2.05, 4.69) is 4.52 Å². The Morgan fingerprint density at radius 2 is 2.25 bits per heavy atom. The van der Waals surface area contributed by atoms with E-state index < -0.39 is 7.82 Å². The van der Waals surface area contributed by atoms with Crippen molar-refractivity contribution in [1.29, 1.82) is 0 Å². The summed E-state index contributed by atoms with van der Waals surface area (Å²) in [6.45, 7) is 1.46. The maximum Gasteiger partial charge on any atom is 1.00 e. The molecule has 6 heteroatoms. The van der Waals surface area contributed by atoms with Crippen molar-refractivity contribution in [3.63, 3.8) is 0 Å². The normalized spacial score (nSPS) is 16.4. The second kappa shape index (κ2) is 4.94. The van der Waals surface area contributed by atoms with Crippen molar-refractivity contribution in [2.45, 2.75) is 6.92 Å². The zero-order chi connectivity index (χ0) is 5.91. The predicted molar refractivity (Wildman–Crippen MR) is 21.5 cm³/mol. The molecule has 0 aliphatic heterocycles. The third-order valence-corrected chi connectivity index (χ3v) is 0.877. The summed E-state index contributed by atoms with van der Waals surface area (Å²) >= 11 is 0. The van der Waals surface area contributed by atoms with Gasteiger partial charge in [-0.2, -0.15) is 0 Å². The molecule has 4 nitrogen and oxygen atoms in total. The van der Waals surface area contributed by atoms with Gasteiger partial charge in [0.25, 0.3) is 7.82 Å². The van der Waals surface area contributed by atoms with Gasteiger partial charge in [0.05, 0.1) is 6.61 Å². The van der Waals surface area contributed by atoms with Crippen molar-refractivity contribution in [2.24, 2.45) is 0 Å². The first-order valence-corrected chi connectivity index (χ1v) is 3.24. The molecule has 0 aromatic rings. The zero-order valence-electron chi connectivity index (χ0n) is 4.83. The van der Waals surface area contributed by atoms with Gasteiger partial charge in [0.2, 0.25) is 0 Å². The quantitative estimate of drug-likeness (QED) is 0.325. The third-order valence-electron chi connectivity index (χ3n) is 0.292. The van der Waals surface area contributed by atoms with Crippen LogP contribution >= 0.6 is 7.82 Å². The molecule has 1 N–H and O–H groups in total. The summed E-state index contributed by atoms with van der Waals surface area (Å²) in [5, 5.41) is 0. The monoisotopic (exact) mass is 148 g/mol. The molecular formula is C2H6NaO4P. The van der Waals surface area contributed by atoms with Crippen LogP contribution < -0.4 is 34.5 Å². The molecule has 44 valence electrons. The molecule has 0 spiro atoms. The van der Waals surface area contributed by atoms with Crippen molar-refractivity contribution in [3.8, 4) is 0 Å². The SMILES string of the molecule is CCOP(=O)([O-])O.[Na+]. The molecule has 0 aromatic carbocycles. The molecule has 0 bridgehead atoms. The minimum absolute atomic E-state index is 0. The molecule has 0 heterocycles. The number of phosphoric ester groups is 1.